The normalized spacial score (nSPS) is 14.2. The summed E-state index contributed by atoms with van der Waals surface area (Å²) in [6.07, 6.45) is 5.35. The molecule has 4 heterocycles. The topological polar surface area (TPSA) is 62.7 Å². The molecule has 0 aromatic carbocycles. The van der Waals surface area contributed by atoms with Gasteiger partial charge in [0.2, 0.25) is 0 Å². The van der Waals surface area contributed by atoms with Crippen molar-refractivity contribution in [3.8, 4) is 0 Å². The predicted octanol–water partition coefficient (Wildman–Crippen LogP) is 3.00. The van der Waals surface area contributed by atoms with E-state index >= 15 is 0 Å². The first-order valence-electron chi connectivity index (χ1n) is 7.62. The number of H-pyrrole nitrogens is 1. The molecule has 1 aliphatic rings. The number of imidazole rings is 1. The second-order valence-corrected chi connectivity index (χ2v) is 6.80. The molecule has 2 N–H and O–H groups in total. The predicted molar refractivity (Wildman–Crippen MR) is 87.2 cm³/mol. The number of aromatic amines is 1. The van der Waals surface area contributed by atoms with E-state index in [0.717, 1.165) is 45.3 Å². The molecule has 114 valence electrons. The summed E-state index contributed by atoms with van der Waals surface area (Å²) >= 11 is 1.52. The Morgan fingerprint density at radius 1 is 1.50 bits per heavy atom. The van der Waals surface area contributed by atoms with E-state index in [1.807, 2.05) is 25.3 Å². The summed E-state index contributed by atoms with van der Waals surface area (Å²) in [5.74, 6) is 1.15. The van der Waals surface area contributed by atoms with Gasteiger partial charge in [0.1, 0.15) is 5.82 Å². The molecule has 0 spiro atoms. The molecule has 1 aliphatic heterocycles. The Labute approximate surface area is 132 Å². The third-order valence-electron chi connectivity index (χ3n) is 4.26. The Kier molecular flexibility index (Phi) is 3.26. The zero-order chi connectivity index (χ0) is 15.1. The first-order chi connectivity index (χ1) is 10.7. The van der Waals surface area contributed by atoms with E-state index in [4.69, 9.17) is 0 Å². The van der Waals surface area contributed by atoms with Gasteiger partial charge in [-0.2, -0.15) is 0 Å². The minimum absolute atomic E-state index is 0.0136. The summed E-state index contributed by atoms with van der Waals surface area (Å²) in [7, 11) is 0. The molecule has 3 aromatic heterocycles. The average Bonchev–Trinajstić information content (AvgIpc) is 3.17. The third kappa shape index (κ3) is 2.23. The van der Waals surface area contributed by atoms with Gasteiger partial charge in [-0.1, -0.05) is 0 Å². The Morgan fingerprint density at radius 2 is 2.41 bits per heavy atom. The van der Waals surface area contributed by atoms with Gasteiger partial charge in [0.05, 0.1) is 33.0 Å². The van der Waals surface area contributed by atoms with Crippen LogP contribution in [-0.2, 0) is 19.5 Å². The Bertz CT molecular complexity index is 813. The quantitative estimate of drug-likeness (QED) is 0.780. The zero-order valence-electron chi connectivity index (χ0n) is 12.5. The van der Waals surface area contributed by atoms with E-state index in [1.165, 1.54) is 24.2 Å². The van der Waals surface area contributed by atoms with Crippen LogP contribution in [0.2, 0.25) is 0 Å². The van der Waals surface area contributed by atoms with E-state index in [1.54, 1.807) is 0 Å². The number of carbonyl (C=O) groups is 1. The van der Waals surface area contributed by atoms with Crippen LogP contribution in [0.3, 0.4) is 0 Å². The SMILES string of the molecule is Cc1nc2n(c1CNC(=O)c1cc3[nH]ccc3s1)CCCC2. The van der Waals surface area contributed by atoms with Crippen LogP contribution in [0.25, 0.3) is 10.2 Å². The van der Waals surface area contributed by atoms with Gasteiger partial charge in [-0.15, -0.1) is 11.3 Å². The van der Waals surface area contributed by atoms with Crippen molar-refractivity contribution in [3.05, 3.63) is 40.4 Å². The van der Waals surface area contributed by atoms with Crippen LogP contribution in [0.1, 0.15) is 39.7 Å². The van der Waals surface area contributed by atoms with Gasteiger partial charge in [0.25, 0.3) is 5.91 Å². The monoisotopic (exact) mass is 314 g/mol. The van der Waals surface area contributed by atoms with Crippen LogP contribution in [0.4, 0.5) is 0 Å². The number of rotatable bonds is 3. The molecule has 0 saturated heterocycles. The number of nitrogens with zero attached hydrogens (tertiary/aromatic N) is 2. The Hall–Kier alpha value is -2.08. The molecule has 0 aliphatic carbocycles. The van der Waals surface area contributed by atoms with E-state index in [9.17, 15) is 4.79 Å². The lowest BCUT2D eigenvalue weighted by molar-refractivity contribution is 0.0954. The van der Waals surface area contributed by atoms with E-state index < -0.39 is 0 Å². The fourth-order valence-corrected chi connectivity index (χ4v) is 4.06. The highest BCUT2D eigenvalue weighted by molar-refractivity contribution is 7.20. The third-order valence-corrected chi connectivity index (χ3v) is 5.36. The number of carbonyl (C=O) groups excluding carboxylic acids is 1. The minimum atomic E-state index is -0.0136. The Morgan fingerprint density at radius 3 is 3.27 bits per heavy atom. The van der Waals surface area contributed by atoms with Crippen molar-refractivity contribution in [2.24, 2.45) is 0 Å². The van der Waals surface area contributed by atoms with E-state index in [-0.39, 0.29) is 5.91 Å². The zero-order valence-corrected chi connectivity index (χ0v) is 13.3. The number of fused-ring (bicyclic) bond motifs is 2. The number of amides is 1. The lowest BCUT2D eigenvalue weighted by Gasteiger charge is -2.16. The van der Waals surface area contributed by atoms with Crippen molar-refractivity contribution >= 4 is 27.5 Å². The summed E-state index contributed by atoms with van der Waals surface area (Å²) in [6.45, 7) is 3.59. The van der Waals surface area contributed by atoms with Crippen molar-refractivity contribution in [1.82, 2.24) is 19.9 Å². The molecule has 1 amide bonds. The summed E-state index contributed by atoms with van der Waals surface area (Å²) in [5, 5.41) is 3.04. The van der Waals surface area contributed by atoms with E-state index in [0.29, 0.717) is 6.54 Å². The van der Waals surface area contributed by atoms with Gasteiger partial charge in [-0.3, -0.25) is 4.79 Å². The second-order valence-electron chi connectivity index (χ2n) is 5.72. The molecular weight excluding hydrogens is 296 g/mol. The minimum Gasteiger partial charge on any atom is -0.360 e. The van der Waals surface area contributed by atoms with Crippen LogP contribution in [-0.4, -0.2) is 20.4 Å². The van der Waals surface area contributed by atoms with Crippen molar-refractivity contribution in [3.63, 3.8) is 0 Å². The molecule has 0 radical (unpaired) electrons. The maximum absolute atomic E-state index is 12.3. The first kappa shape index (κ1) is 13.6. The molecule has 0 saturated carbocycles. The molecule has 22 heavy (non-hydrogen) atoms. The van der Waals surface area contributed by atoms with Crippen LogP contribution in [0.5, 0.6) is 0 Å². The smallest absolute Gasteiger partial charge is 0.261 e. The molecule has 3 aromatic rings. The van der Waals surface area contributed by atoms with Gasteiger partial charge in [-0.25, -0.2) is 4.98 Å². The van der Waals surface area contributed by atoms with Crippen molar-refractivity contribution in [1.29, 1.82) is 0 Å². The molecule has 0 atom stereocenters. The highest BCUT2D eigenvalue weighted by Gasteiger charge is 2.18. The number of aryl methyl sites for hydroxylation is 2. The molecule has 4 rings (SSSR count). The first-order valence-corrected chi connectivity index (χ1v) is 8.44. The molecule has 0 bridgehead atoms. The van der Waals surface area contributed by atoms with Crippen molar-refractivity contribution in [2.45, 2.75) is 39.3 Å². The van der Waals surface area contributed by atoms with Crippen LogP contribution in [0.15, 0.2) is 18.3 Å². The summed E-state index contributed by atoms with van der Waals surface area (Å²) in [6, 6.07) is 3.91. The highest BCUT2D eigenvalue weighted by Crippen LogP contribution is 2.24. The number of hydrogen-bond donors (Lipinski definition) is 2. The molecule has 6 heteroatoms. The summed E-state index contributed by atoms with van der Waals surface area (Å²) in [4.78, 5) is 20.9. The highest BCUT2D eigenvalue weighted by atomic mass is 32.1. The fourth-order valence-electron chi connectivity index (χ4n) is 3.11. The number of thiophene rings is 1. The maximum atomic E-state index is 12.3. The standard InChI is InChI=1S/C16H18N4OS/c1-10-12(20-7-3-2-4-15(20)19-10)9-18-16(21)14-8-11-13(22-14)5-6-17-11/h5-6,8,17H,2-4,7,9H2,1H3,(H,18,21). The van der Waals surface area contributed by atoms with Gasteiger partial charge < -0.3 is 14.9 Å². The second kappa shape index (κ2) is 5.28. The van der Waals surface area contributed by atoms with Crippen LogP contribution < -0.4 is 5.32 Å². The van der Waals surface area contributed by atoms with E-state index in [2.05, 4.69) is 19.9 Å². The van der Waals surface area contributed by atoms with Gasteiger partial charge in [-0.05, 0) is 31.9 Å². The molecular formula is C16H18N4OS. The van der Waals surface area contributed by atoms with Gasteiger partial charge in [0, 0.05) is 19.2 Å². The van der Waals surface area contributed by atoms with Crippen molar-refractivity contribution in [2.75, 3.05) is 0 Å². The number of nitrogens with one attached hydrogen (secondary N) is 2. The number of hydrogen-bond acceptors (Lipinski definition) is 3. The van der Waals surface area contributed by atoms with Crippen LogP contribution in [0, 0.1) is 6.92 Å². The molecule has 0 unspecified atom stereocenters. The molecule has 5 nitrogen and oxygen atoms in total. The van der Waals surface area contributed by atoms with Gasteiger partial charge in [0.15, 0.2) is 0 Å². The fraction of sp³-hybridized carbons (Fsp3) is 0.375. The van der Waals surface area contributed by atoms with Gasteiger partial charge >= 0.3 is 0 Å². The van der Waals surface area contributed by atoms with Crippen LogP contribution >= 0.6 is 11.3 Å². The lowest BCUT2D eigenvalue weighted by Crippen LogP contribution is -2.25. The average molecular weight is 314 g/mol. The number of aromatic nitrogens is 3. The maximum Gasteiger partial charge on any atom is 0.261 e. The molecule has 0 fully saturated rings. The Balaban J connectivity index is 1.51. The summed E-state index contributed by atoms with van der Waals surface area (Å²) < 4.78 is 3.39. The largest absolute Gasteiger partial charge is 0.360 e. The van der Waals surface area contributed by atoms with Crippen molar-refractivity contribution < 1.29 is 4.79 Å². The summed E-state index contributed by atoms with van der Waals surface area (Å²) in [5.41, 5.74) is 3.20. The lowest BCUT2D eigenvalue weighted by atomic mass is 10.1.